The van der Waals surface area contributed by atoms with Crippen molar-refractivity contribution >= 4 is 5.97 Å². The third-order valence-electron chi connectivity index (χ3n) is 2.83. The van der Waals surface area contributed by atoms with Crippen molar-refractivity contribution in [3.05, 3.63) is 0 Å². The van der Waals surface area contributed by atoms with Crippen LogP contribution in [0.15, 0.2) is 0 Å². The van der Waals surface area contributed by atoms with E-state index in [1.807, 2.05) is 0 Å². The van der Waals surface area contributed by atoms with Crippen LogP contribution in [-0.2, 0) is 9.53 Å². The summed E-state index contributed by atoms with van der Waals surface area (Å²) >= 11 is 0. The number of hydrogen-bond donors (Lipinski definition) is 2. The van der Waals surface area contributed by atoms with Gasteiger partial charge in [0.1, 0.15) is 0 Å². The molecule has 0 radical (unpaired) electrons. The lowest BCUT2D eigenvalue weighted by Gasteiger charge is -2.21. The SMILES string of the molecule is COC(=O)C(C)(O)CNC1CC1(C)C. The van der Waals surface area contributed by atoms with Crippen LogP contribution in [0, 0.1) is 5.41 Å². The normalized spacial score (nSPS) is 27.9. The summed E-state index contributed by atoms with van der Waals surface area (Å²) in [6, 6.07) is 0.402. The summed E-state index contributed by atoms with van der Waals surface area (Å²) in [6.45, 7) is 6.00. The Morgan fingerprint density at radius 1 is 1.71 bits per heavy atom. The molecular formula is C10H19NO3. The van der Waals surface area contributed by atoms with Crippen LogP contribution in [0.2, 0.25) is 0 Å². The topological polar surface area (TPSA) is 58.6 Å². The molecule has 82 valence electrons. The van der Waals surface area contributed by atoms with E-state index in [4.69, 9.17) is 0 Å². The lowest BCUT2D eigenvalue weighted by atomic mass is 10.1. The second kappa shape index (κ2) is 3.51. The first-order chi connectivity index (χ1) is 6.29. The highest BCUT2D eigenvalue weighted by molar-refractivity contribution is 5.78. The maximum absolute atomic E-state index is 11.1. The van der Waals surface area contributed by atoms with E-state index < -0.39 is 11.6 Å². The Bertz CT molecular complexity index is 236. The van der Waals surface area contributed by atoms with Gasteiger partial charge in [0.2, 0.25) is 0 Å². The zero-order valence-corrected chi connectivity index (χ0v) is 9.26. The Kier molecular flexibility index (Phi) is 2.88. The van der Waals surface area contributed by atoms with Gasteiger partial charge in [0.05, 0.1) is 7.11 Å². The van der Waals surface area contributed by atoms with Crippen molar-refractivity contribution in [3.63, 3.8) is 0 Å². The van der Waals surface area contributed by atoms with Crippen molar-refractivity contribution in [1.82, 2.24) is 5.32 Å². The minimum Gasteiger partial charge on any atom is -0.467 e. The molecule has 0 amide bonds. The van der Waals surface area contributed by atoms with Gasteiger partial charge in [-0.15, -0.1) is 0 Å². The van der Waals surface area contributed by atoms with Crippen molar-refractivity contribution < 1.29 is 14.6 Å². The summed E-state index contributed by atoms with van der Waals surface area (Å²) in [4.78, 5) is 11.1. The fraction of sp³-hybridized carbons (Fsp3) is 0.900. The fourth-order valence-electron chi connectivity index (χ4n) is 1.43. The Labute approximate surface area is 84.6 Å². The molecule has 0 bridgehead atoms. The maximum atomic E-state index is 11.1. The molecule has 0 aromatic heterocycles. The van der Waals surface area contributed by atoms with E-state index in [0.29, 0.717) is 11.5 Å². The molecule has 14 heavy (non-hydrogen) atoms. The smallest absolute Gasteiger partial charge is 0.338 e. The van der Waals surface area contributed by atoms with Crippen LogP contribution in [0.25, 0.3) is 0 Å². The summed E-state index contributed by atoms with van der Waals surface area (Å²) in [5, 5.41) is 12.8. The predicted molar refractivity (Wildman–Crippen MR) is 52.8 cm³/mol. The van der Waals surface area contributed by atoms with Gasteiger partial charge in [-0.1, -0.05) is 13.8 Å². The fourth-order valence-corrected chi connectivity index (χ4v) is 1.43. The molecule has 0 aliphatic heterocycles. The molecule has 0 saturated heterocycles. The highest BCUT2D eigenvalue weighted by atomic mass is 16.5. The molecule has 0 aromatic carbocycles. The predicted octanol–water partition coefficient (Wildman–Crippen LogP) is 0.298. The van der Waals surface area contributed by atoms with E-state index in [2.05, 4.69) is 23.9 Å². The number of nitrogens with one attached hydrogen (secondary N) is 1. The number of rotatable bonds is 4. The summed E-state index contributed by atoms with van der Waals surface area (Å²) in [7, 11) is 1.28. The van der Waals surface area contributed by atoms with E-state index >= 15 is 0 Å². The first kappa shape index (κ1) is 11.5. The second-order valence-corrected chi connectivity index (χ2v) is 4.89. The van der Waals surface area contributed by atoms with Crippen LogP contribution in [0.3, 0.4) is 0 Å². The summed E-state index contributed by atoms with van der Waals surface area (Å²) in [6.07, 6.45) is 1.09. The second-order valence-electron chi connectivity index (χ2n) is 4.89. The van der Waals surface area contributed by atoms with Gasteiger partial charge < -0.3 is 15.2 Å². The number of hydrogen-bond acceptors (Lipinski definition) is 4. The Morgan fingerprint density at radius 3 is 2.57 bits per heavy atom. The molecule has 0 aromatic rings. The quantitative estimate of drug-likeness (QED) is 0.642. The molecule has 1 saturated carbocycles. The number of methoxy groups -OCH3 is 1. The largest absolute Gasteiger partial charge is 0.467 e. The van der Waals surface area contributed by atoms with Crippen LogP contribution in [0.4, 0.5) is 0 Å². The highest BCUT2D eigenvalue weighted by Gasteiger charge is 2.46. The molecule has 2 N–H and O–H groups in total. The number of esters is 1. The minimum atomic E-state index is -1.42. The average molecular weight is 201 g/mol. The molecule has 4 nitrogen and oxygen atoms in total. The van der Waals surface area contributed by atoms with Crippen LogP contribution >= 0.6 is 0 Å². The van der Waals surface area contributed by atoms with Gasteiger partial charge in [0.15, 0.2) is 5.60 Å². The van der Waals surface area contributed by atoms with E-state index in [-0.39, 0.29) is 6.54 Å². The van der Waals surface area contributed by atoms with E-state index in [1.165, 1.54) is 14.0 Å². The number of ether oxygens (including phenoxy) is 1. The maximum Gasteiger partial charge on any atom is 0.338 e. The van der Waals surface area contributed by atoms with Crippen LogP contribution < -0.4 is 5.32 Å². The summed E-state index contributed by atoms with van der Waals surface area (Å²) in [5.41, 5.74) is -1.13. The van der Waals surface area contributed by atoms with Crippen molar-refractivity contribution in [3.8, 4) is 0 Å². The molecule has 2 atom stereocenters. The Hall–Kier alpha value is -0.610. The summed E-state index contributed by atoms with van der Waals surface area (Å²) in [5.74, 6) is -0.594. The van der Waals surface area contributed by atoms with Crippen LogP contribution in [0.1, 0.15) is 27.2 Å². The molecule has 0 spiro atoms. The minimum absolute atomic E-state index is 0.244. The highest BCUT2D eigenvalue weighted by Crippen LogP contribution is 2.44. The third kappa shape index (κ3) is 2.45. The van der Waals surface area contributed by atoms with Gasteiger partial charge in [-0.05, 0) is 18.8 Å². The first-order valence-corrected chi connectivity index (χ1v) is 4.84. The lowest BCUT2D eigenvalue weighted by Crippen LogP contribution is -2.46. The van der Waals surface area contributed by atoms with Gasteiger partial charge in [-0.2, -0.15) is 0 Å². The van der Waals surface area contributed by atoms with Gasteiger partial charge in [-0.25, -0.2) is 4.79 Å². The first-order valence-electron chi connectivity index (χ1n) is 4.84. The van der Waals surface area contributed by atoms with Crippen LogP contribution in [0.5, 0.6) is 0 Å². The molecule has 0 heterocycles. The Morgan fingerprint density at radius 2 is 2.21 bits per heavy atom. The molecule has 1 aliphatic carbocycles. The van der Waals surface area contributed by atoms with E-state index in [9.17, 15) is 9.90 Å². The molecule has 2 unspecified atom stereocenters. The lowest BCUT2D eigenvalue weighted by molar-refractivity contribution is -0.159. The zero-order valence-electron chi connectivity index (χ0n) is 9.26. The van der Waals surface area contributed by atoms with Crippen molar-refractivity contribution in [2.24, 2.45) is 5.41 Å². The van der Waals surface area contributed by atoms with Gasteiger partial charge >= 0.3 is 5.97 Å². The Balaban J connectivity index is 2.34. The molecule has 1 aliphatic rings. The van der Waals surface area contributed by atoms with Crippen molar-refractivity contribution in [1.29, 1.82) is 0 Å². The number of carbonyl (C=O) groups is 1. The standard InChI is InChI=1S/C10H19NO3/c1-9(2)5-7(9)11-6-10(3,13)8(12)14-4/h7,11,13H,5-6H2,1-4H3. The van der Waals surface area contributed by atoms with Crippen molar-refractivity contribution in [2.45, 2.75) is 38.8 Å². The van der Waals surface area contributed by atoms with E-state index in [0.717, 1.165) is 6.42 Å². The van der Waals surface area contributed by atoms with Crippen LogP contribution in [-0.4, -0.2) is 36.4 Å². The van der Waals surface area contributed by atoms with Gasteiger partial charge in [0, 0.05) is 12.6 Å². The third-order valence-corrected chi connectivity index (χ3v) is 2.83. The zero-order chi connectivity index (χ0) is 11.0. The van der Waals surface area contributed by atoms with Gasteiger partial charge in [-0.3, -0.25) is 0 Å². The van der Waals surface area contributed by atoms with Crippen molar-refractivity contribution in [2.75, 3.05) is 13.7 Å². The summed E-state index contributed by atoms with van der Waals surface area (Å²) < 4.78 is 4.49. The number of carbonyl (C=O) groups excluding carboxylic acids is 1. The monoisotopic (exact) mass is 201 g/mol. The molecule has 1 fully saturated rings. The molecule has 4 heteroatoms. The molecular weight excluding hydrogens is 182 g/mol. The average Bonchev–Trinajstić information content (AvgIpc) is 2.69. The number of aliphatic hydroxyl groups is 1. The van der Waals surface area contributed by atoms with Gasteiger partial charge in [0.25, 0.3) is 0 Å². The van der Waals surface area contributed by atoms with E-state index in [1.54, 1.807) is 0 Å². The molecule has 1 rings (SSSR count).